The van der Waals surface area contributed by atoms with Crippen LogP contribution in [0, 0.1) is 31.0 Å². The molecule has 3 aromatic heterocycles. The van der Waals surface area contributed by atoms with E-state index in [1.54, 1.807) is 13.0 Å². The molecule has 3 rings (SSSR count). The summed E-state index contributed by atoms with van der Waals surface area (Å²) in [6, 6.07) is 2.82. The van der Waals surface area contributed by atoms with E-state index in [0.29, 0.717) is 16.6 Å². The molecule has 0 radical (unpaired) electrons. The zero-order valence-corrected chi connectivity index (χ0v) is 16.2. The van der Waals surface area contributed by atoms with E-state index in [1.807, 2.05) is 5.32 Å². The van der Waals surface area contributed by atoms with Crippen LogP contribution in [-0.2, 0) is 10.7 Å². The molecule has 0 saturated carbocycles. The number of alkyl halides is 2. The highest BCUT2D eigenvalue weighted by Crippen LogP contribution is 2.32. The Morgan fingerprint density at radius 1 is 1.33 bits per heavy atom. The fourth-order valence-corrected chi connectivity index (χ4v) is 3.30. The summed E-state index contributed by atoms with van der Waals surface area (Å²) < 4.78 is 44.1. The maximum Gasteiger partial charge on any atom is 0.355 e. The molecule has 0 fully saturated rings. The van der Waals surface area contributed by atoms with Gasteiger partial charge in [-0.05, 0) is 38.5 Å². The third kappa shape index (κ3) is 3.50. The number of aryl methyl sites for hydroxylation is 2. The number of aromatic nitrogens is 3. The lowest BCUT2D eigenvalue weighted by Crippen LogP contribution is -2.43. The van der Waals surface area contributed by atoms with Crippen LogP contribution in [-0.4, -0.2) is 20.9 Å². The summed E-state index contributed by atoms with van der Waals surface area (Å²) in [5.74, 6) is -6.91. The number of H-pyrrole nitrogens is 1. The number of hydrogen-bond donors (Lipinski definition) is 2. The average molecular weight is 415 g/mol. The number of pyridine rings is 3. The number of hydrogen-bond acceptors (Lipinski definition) is 5. The van der Waals surface area contributed by atoms with Gasteiger partial charge in [0.2, 0.25) is 0 Å². The predicted octanol–water partition coefficient (Wildman–Crippen LogP) is 2.91. The van der Waals surface area contributed by atoms with Crippen molar-refractivity contribution in [2.75, 3.05) is 0 Å². The Morgan fingerprint density at radius 2 is 2.03 bits per heavy atom. The lowest BCUT2D eigenvalue weighted by atomic mass is 9.98. The van der Waals surface area contributed by atoms with Crippen LogP contribution in [0.3, 0.4) is 0 Å². The number of carbonyl (C=O) groups excluding carboxylic acids is 1. The van der Waals surface area contributed by atoms with Gasteiger partial charge in [-0.1, -0.05) is 0 Å². The summed E-state index contributed by atoms with van der Waals surface area (Å²) >= 11 is 0. The third-order valence-corrected chi connectivity index (χ3v) is 4.72. The standard InChI is InChI=1S/C20H16F3N5O2/c1-9-15-10(2)25-5-4-14(15)28-18(29)16(9)20(22,23)19(30)27-11(3)17-13(21)6-12(7-24)8-26-17/h4-6,8,11H,1-3H3,(H,27,30)(H,28,29)/t11-/m0/s1. The van der Waals surface area contributed by atoms with Gasteiger partial charge >= 0.3 is 5.92 Å². The number of nitrogens with zero attached hydrogens (tertiary/aromatic N) is 3. The number of halogens is 3. The fraction of sp³-hybridized carbons (Fsp3) is 0.250. The molecule has 0 aromatic carbocycles. The molecule has 7 nitrogen and oxygen atoms in total. The van der Waals surface area contributed by atoms with Gasteiger partial charge in [-0.15, -0.1) is 0 Å². The van der Waals surface area contributed by atoms with Gasteiger partial charge in [-0.3, -0.25) is 19.6 Å². The highest BCUT2D eigenvalue weighted by atomic mass is 19.3. The first-order valence-electron chi connectivity index (χ1n) is 8.81. The molecule has 0 aliphatic heterocycles. The number of fused-ring (bicyclic) bond motifs is 1. The topological polar surface area (TPSA) is 112 Å². The molecular formula is C20H16F3N5O2. The van der Waals surface area contributed by atoms with Crippen LogP contribution in [0.25, 0.3) is 10.9 Å². The molecular weight excluding hydrogens is 399 g/mol. The molecule has 3 heterocycles. The first-order valence-corrected chi connectivity index (χ1v) is 8.81. The molecule has 0 spiro atoms. The number of nitrogens with one attached hydrogen (secondary N) is 2. The second kappa shape index (κ2) is 7.59. The van der Waals surface area contributed by atoms with Crippen LogP contribution in [0.4, 0.5) is 13.2 Å². The Labute approximate surface area is 168 Å². The minimum atomic E-state index is -4.20. The van der Waals surface area contributed by atoms with Gasteiger partial charge < -0.3 is 10.3 Å². The molecule has 154 valence electrons. The largest absolute Gasteiger partial charge is 0.355 e. The first kappa shape index (κ1) is 21.0. The summed E-state index contributed by atoms with van der Waals surface area (Å²) in [7, 11) is 0. The fourth-order valence-electron chi connectivity index (χ4n) is 3.30. The number of nitriles is 1. The van der Waals surface area contributed by atoms with E-state index < -0.39 is 34.8 Å². The minimum absolute atomic E-state index is 0.0533. The second-order valence-corrected chi connectivity index (χ2v) is 6.75. The van der Waals surface area contributed by atoms with Crippen LogP contribution < -0.4 is 10.9 Å². The van der Waals surface area contributed by atoms with Gasteiger partial charge in [-0.2, -0.15) is 14.0 Å². The highest BCUT2D eigenvalue weighted by Gasteiger charge is 2.45. The molecule has 3 aromatic rings. The summed E-state index contributed by atoms with van der Waals surface area (Å²) in [6.45, 7) is 4.17. The van der Waals surface area contributed by atoms with E-state index in [0.717, 1.165) is 12.3 Å². The van der Waals surface area contributed by atoms with Crippen molar-refractivity contribution in [3.05, 3.63) is 68.8 Å². The second-order valence-electron chi connectivity index (χ2n) is 6.75. The lowest BCUT2D eigenvalue weighted by molar-refractivity contribution is -0.148. The van der Waals surface area contributed by atoms with Crippen molar-refractivity contribution >= 4 is 16.8 Å². The molecule has 1 atom stereocenters. The Hall–Kier alpha value is -3.74. The normalized spacial score (nSPS) is 12.4. The predicted molar refractivity (Wildman–Crippen MR) is 101 cm³/mol. The molecule has 2 N–H and O–H groups in total. The number of carbonyl (C=O) groups is 1. The van der Waals surface area contributed by atoms with E-state index in [4.69, 9.17) is 5.26 Å². The molecule has 30 heavy (non-hydrogen) atoms. The zero-order chi connectivity index (χ0) is 22.2. The molecule has 10 heteroatoms. The molecule has 0 aliphatic carbocycles. The Balaban J connectivity index is 1.99. The first-order chi connectivity index (χ1) is 14.1. The Bertz CT molecular complexity index is 1260. The SMILES string of the molecule is Cc1nccc2[nH]c(=O)c(C(F)(F)C(=O)N[C@@H](C)c3ncc(C#N)cc3F)c(C)c12. The third-order valence-electron chi connectivity index (χ3n) is 4.72. The monoisotopic (exact) mass is 415 g/mol. The van der Waals surface area contributed by atoms with Crippen LogP contribution in [0.1, 0.15) is 41.0 Å². The van der Waals surface area contributed by atoms with Gasteiger partial charge in [-0.25, -0.2) is 4.39 Å². The summed E-state index contributed by atoms with van der Waals surface area (Å²) in [5.41, 5.74) is -1.83. The van der Waals surface area contributed by atoms with Crippen LogP contribution in [0.2, 0.25) is 0 Å². The molecule has 0 aliphatic rings. The molecule has 0 saturated heterocycles. The highest BCUT2D eigenvalue weighted by molar-refractivity contribution is 5.90. The molecule has 0 unspecified atom stereocenters. The van der Waals surface area contributed by atoms with Crippen molar-refractivity contribution in [3.63, 3.8) is 0 Å². The van der Waals surface area contributed by atoms with Crippen LogP contribution >= 0.6 is 0 Å². The maximum absolute atomic E-state index is 15.0. The Morgan fingerprint density at radius 3 is 2.67 bits per heavy atom. The van der Waals surface area contributed by atoms with Crippen LogP contribution in [0.15, 0.2) is 29.3 Å². The van der Waals surface area contributed by atoms with Crippen molar-refractivity contribution in [2.24, 2.45) is 0 Å². The Kier molecular flexibility index (Phi) is 5.31. The number of rotatable bonds is 4. The van der Waals surface area contributed by atoms with Crippen molar-refractivity contribution in [2.45, 2.75) is 32.7 Å². The van der Waals surface area contributed by atoms with Gasteiger partial charge in [0.15, 0.2) is 0 Å². The van der Waals surface area contributed by atoms with Gasteiger partial charge in [0.05, 0.1) is 28.4 Å². The zero-order valence-electron chi connectivity index (χ0n) is 16.2. The van der Waals surface area contributed by atoms with Crippen molar-refractivity contribution in [1.82, 2.24) is 20.3 Å². The number of aromatic amines is 1. The van der Waals surface area contributed by atoms with Crippen molar-refractivity contribution in [1.29, 1.82) is 5.26 Å². The summed E-state index contributed by atoms with van der Waals surface area (Å²) in [5, 5.41) is 11.1. The van der Waals surface area contributed by atoms with Gasteiger partial charge in [0, 0.05) is 23.5 Å². The van der Waals surface area contributed by atoms with E-state index in [9.17, 15) is 14.0 Å². The quantitative estimate of drug-likeness (QED) is 0.681. The summed E-state index contributed by atoms with van der Waals surface area (Å²) in [4.78, 5) is 34.8. The maximum atomic E-state index is 15.0. The average Bonchev–Trinajstić information content (AvgIpc) is 2.67. The smallest absolute Gasteiger partial charge is 0.342 e. The van der Waals surface area contributed by atoms with E-state index in [2.05, 4.69) is 15.0 Å². The van der Waals surface area contributed by atoms with Gasteiger partial charge in [0.1, 0.15) is 11.9 Å². The van der Waals surface area contributed by atoms with E-state index in [1.165, 1.54) is 26.1 Å². The van der Waals surface area contributed by atoms with Crippen molar-refractivity contribution < 1.29 is 18.0 Å². The van der Waals surface area contributed by atoms with Crippen molar-refractivity contribution in [3.8, 4) is 6.07 Å². The lowest BCUT2D eigenvalue weighted by Gasteiger charge is -2.21. The van der Waals surface area contributed by atoms with Crippen LogP contribution in [0.5, 0.6) is 0 Å². The minimum Gasteiger partial charge on any atom is -0.342 e. The molecule has 1 amide bonds. The summed E-state index contributed by atoms with van der Waals surface area (Å²) in [6.07, 6.45) is 2.49. The van der Waals surface area contributed by atoms with E-state index >= 15 is 8.78 Å². The van der Waals surface area contributed by atoms with Gasteiger partial charge in [0.25, 0.3) is 11.5 Å². The van der Waals surface area contributed by atoms with E-state index in [-0.39, 0.29) is 16.8 Å². The number of amides is 1. The molecule has 0 bridgehead atoms.